The number of fused-ring (bicyclic) bond motifs is 2. The van der Waals surface area contributed by atoms with E-state index in [4.69, 9.17) is 9.11 Å². The lowest BCUT2D eigenvalue weighted by molar-refractivity contribution is 0.387. The van der Waals surface area contributed by atoms with Gasteiger partial charge in [-0.2, -0.15) is 16.8 Å². The van der Waals surface area contributed by atoms with Gasteiger partial charge in [-0.05, 0) is 87.3 Å². The highest BCUT2D eigenvalue weighted by Crippen LogP contribution is 2.33. The van der Waals surface area contributed by atoms with Crippen LogP contribution in [-0.4, -0.2) is 79.2 Å². The molecule has 0 saturated carbocycles. The quantitative estimate of drug-likeness (QED) is 0.221. The van der Waals surface area contributed by atoms with Crippen LogP contribution in [0.5, 0.6) is 0 Å². The molecule has 5 aromatic rings. The van der Waals surface area contributed by atoms with Crippen molar-refractivity contribution in [1.82, 2.24) is 20.1 Å². The van der Waals surface area contributed by atoms with Crippen LogP contribution in [-0.2, 0) is 20.2 Å². The van der Waals surface area contributed by atoms with Crippen LogP contribution in [0.25, 0.3) is 22.2 Å². The molecule has 4 heterocycles. The number of likely N-dealkylation sites (tertiary alicyclic amines) is 1. The molecular formula is C33H37N5O6S2. The Balaban J connectivity index is 0.000000158. The largest absolute Gasteiger partial charge is 0.361 e. The molecule has 242 valence electrons. The molecule has 2 fully saturated rings. The van der Waals surface area contributed by atoms with Gasteiger partial charge >= 0.3 is 0 Å². The average molecular weight is 664 g/mol. The lowest BCUT2D eigenvalue weighted by atomic mass is 10.0. The molecular weight excluding hydrogens is 627 g/mol. The zero-order valence-corrected chi connectivity index (χ0v) is 27.4. The Morgan fingerprint density at radius 3 is 1.72 bits per heavy atom. The van der Waals surface area contributed by atoms with Gasteiger partial charge in [0, 0.05) is 48.8 Å². The summed E-state index contributed by atoms with van der Waals surface area (Å²) < 4.78 is 59.1. The summed E-state index contributed by atoms with van der Waals surface area (Å²) in [6.07, 6.45) is 1.96. The molecule has 3 N–H and O–H groups in total. The summed E-state index contributed by atoms with van der Waals surface area (Å²) in [7, 11) is -5.82. The van der Waals surface area contributed by atoms with Gasteiger partial charge < -0.3 is 14.8 Å². The van der Waals surface area contributed by atoms with E-state index in [1.54, 1.807) is 24.3 Å². The third kappa shape index (κ3) is 8.36. The SMILES string of the molecule is CN1C[C@@H]2CN(c3ccc(-c4ccc5[nH]ccc5c4)nn3)C[C@@H]2C1.Cc1ccc(S(=O)(=O)O)cc1.Cc1ccc(S(=O)(=O)O)cc1. The molecule has 2 saturated heterocycles. The van der Waals surface area contributed by atoms with E-state index in [0.717, 1.165) is 58.6 Å². The molecule has 0 bridgehead atoms. The normalized spacial score (nSPS) is 18.0. The maximum absolute atomic E-state index is 10.5. The predicted octanol–water partition coefficient (Wildman–Crippen LogP) is 5.11. The van der Waals surface area contributed by atoms with E-state index in [-0.39, 0.29) is 9.79 Å². The molecule has 3 aromatic carbocycles. The summed E-state index contributed by atoms with van der Waals surface area (Å²) in [5.74, 6) is 2.58. The third-order valence-corrected chi connectivity index (χ3v) is 9.87. The maximum atomic E-state index is 10.5. The molecule has 0 aliphatic carbocycles. The van der Waals surface area contributed by atoms with E-state index in [9.17, 15) is 16.8 Å². The number of anilines is 1. The fourth-order valence-corrected chi connectivity index (χ4v) is 6.66. The molecule has 2 aromatic heterocycles. The van der Waals surface area contributed by atoms with Crippen molar-refractivity contribution in [3.63, 3.8) is 0 Å². The molecule has 7 rings (SSSR count). The van der Waals surface area contributed by atoms with Crippen molar-refractivity contribution in [2.24, 2.45) is 11.8 Å². The van der Waals surface area contributed by atoms with Crippen molar-refractivity contribution in [3.8, 4) is 11.3 Å². The summed E-state index contributed by atoms with van der Waals surface area (Å²) >= 11 is 0. The maximum Gasteiger partial charge on any atom is 0.294 e. The number of aryl methyl sites for hydroxylation is 2. The molecule has 2 aliphatic rings. The van der Waals surface area contributed by atoms with Gasteiger partial charge in [-0.25, -0.2) is 0 Å². The fraction of sp³-hybridized carbons (Fsp3) is 0.273. The van der Waals surface area contributed by atoms with Crippen molar-refractivity contribution < 1.29 is 25.9 Å². The number of nitrogens with zero attached hydrogens (tertiary/aromatic N) is 4. The Kier molecular flexibility index (Phi) is 9.89. The van der Waals surface area contributed by atoms with Crippen LogP contribution < -0.4 is 4.90 Å². The molecule has 2 aliphatic heterocycles. The van der Waals surface area contributed by atoms with Crippen molar-refractivity contribution in [2.45, 2.75) is 23.6 Å². The Morgan fingerprint density at radius 2 is 1.24 bits per heavy atom. The second-order valence-electron chi connectivity index (χ2n) is 11.8. The molecule has 0 unspecified atom stereocenters. The summed E-state index contributed by atoms with van der Waals surface area (Å²) in [5, 5.41) is 10.2. The van der Waals surface area contributed by atoms with E-state index < -0.39 is 20.2 Å². The van der Waals surface area contributed by atoms with E-state index in [2.05, 4.69) is 68.4 Å². The Bertz CT molecular complexity index is 1910. The Labute approximate surface area is 269 Å². The highest BCUT2D eigenvalue weighted by Gasteiger charge is 2.39. The van der Waals surface area contributed by atoms with Gasteiger partial charge in [0.25, 0.3) is 20.2 Å². The summed E-state index contributed by atoms with van der Waals surface area (Å²) in [6, 6.07) is 24.6. The van der Waals surface area contributed by atoms with Gasteiger partial charge in [0.2, 0.25) is 0 Å². The smallest absolute Gasteiger partial charge is 0.294 e. The van der Waals surface area contributed by atoms with Crippen LogP contribution in [0.2, 0.25) is 0 Å². The monoisotopic (exact) mass is 663 g/mol. The summed E-state index contributed by atoms with van der Waals surface area (Å²) in [5.41, 5.74) is 5.11. The number of hydrogen-bond acceptors (Lipinski definition) is 8. The number of H-pyrrole nitrogens is 1. The topological polar surface area (TPSA) is 157 Å². The Morgan fingerprint density at radius 1 is 0.696 bits per heavy atom. The van der Waals surface area contributed by atoms with Gasteiger partial charge in [0.05, 0.1) is 15.5 Å². The van der Waals surface area contributed by atoms with Gasteiger partial charge in [-0.15, -0.1) is 10.2 Å². The van der Waals surface area contributed by atoms with Gasteiger partial charge in [0.1, 0.15) is 0 Å². The molecule has 46 heavy (non-hydrogen) atoms. The first-order chi connectivity index (χ1) is 21.8. The van der Waals surface area contributed by atoms with E-state index in [0.29, 0.717) is 0 Å². The summed E-state index contributed by atoms with van der Waals surface area (Å²) in [4.78, 5) is 7.93. The number of rotatable bonds is 4. The zero-order chi connectivity index (χ0) is 33.1. The van der Waals surface area contributed by atoms with Crippen molar-refractivity contribution in [3.05, 3.63) is 102 Å². The molecule has 0 radical (unpaired) electrons. The number of aromatic nitrogens is 3. The van der Waals surface area contributed by atoms with Gasteiger partial charge in [0.15, 0.2) is 5.82 Å². The standard InChI is InChI=1S/C19H21N5.2C7H8O3S/c1-23-9-15-11-24(12-16(15)10-23)19-5-4-18(21-22-19)13-2-3-17-14(8-13)6-7-20-17;2*1-6-2-4-7(5-3-6)11(8,9)10/h2-8,15-16,20H,9-12H2,1H3;2*2-5H,1H3,(H,8,9,10)/t15-,16+;;. The molecule has 2 atom stereocenters. The van der Waals surface area contributed by atoms with Crippen molar-refractivity contribution in [1.29, 1.82) is 0 Å². The lowest BCUT2D eigenvalue weighted by Gasteiger charge is -2.19. The molecule has 11 nitrogen and oxygen atoms in total. The van der Waals surface area contributed by atoms with Crippen LogP contribution in [0.4, 0.5) is 5.82 Å². The second-order valence-corrected chi connectivity index (χ2v) is 14.6. The number of aromatic amines is 1. The average Bonchev–Trinajstić information content (AvgIpc) is 3.72. The van der Waals surface area contributed by atoms with E-state index >= 15 is 0 Å². The highest BCUT2D eigenvalue weighted by atomic mass is 32.2. The van der Waals surface area contributed by atoms with Crippen molar-refractivity contribution in [2.75, 3.05) is 38.1 Å². The van der Waals surface area contributed by atoms with E-state index in [1.807, 2.05) is 20.0 Å². The predicted molar refractivity (Wildman–Crippen MR) is 178 cm³/mol. The fourth-order valence-electron chi connectivity index (χ4n) is 5.70. The third-order valence-electron chi connectivity index (χ3n) is 8.13. The van der Waals surface area contributed by atoms with Crippen LogP contribution in [0.1, 0.15) is 11.1 Å². The number of benzene rings is 3. The summed E-state index contributed by atoms with van der Waals surface area (Å²) in [6.45, 7) is 8.32. The minimum atomic E-state index is -4.02. The minimum absolute atomic E-state index is 0.0666. The van der Waals surface area contributed by atoms with Gasteiger partial charge in [-0.1, -0.05) is 41.5 Å². The van der Waals surface area contributed by atoms with Crippen LogP contribution in [0.15, 0.2) is 101 Å². The second kappa shape index (κ2) is 13.7. The molecule has 0 amide bonds. The highest BCUT2D eigenvalue weighted by molar-refractivity contribution is 7.86. The first-order valence-corrected chi connectivity index (χ1v) is 17.6. The zero-order valence-electron chi connectivity index (χ0n) is 25.8. The molecule has 13 heteroatoms. The number of nitrogens with one attached hydrogen (secondary N) is 1. The van der Waals surface area contributed by atoms with E-state index in [1.165, 1.54) is 42.7 Å². The van der Waals surface area contributed by atoms with Crippen LogP contribution in [0.3, 0.4) is 0 Å². The Hall–Kier alpha value is -4.14. The van der Waals surface area contributed by atoms with Crippen molar-refractivity contribution >= 4 is 37.0 Å². The lowest BCUT2D eigenvalue weighted by Crippen LogP contribution is -2.27. The first kappa shape index (κ1) is 33.2. The number of hydrogen-bond donors (Lipinski definition) is 3. The van der Waals surface area contributed by atoms with Crippen LogP contribution >= 0.6 is 0 Å². The van der Waals surface area contributed by atoms with Crippen LogP contribution in [0, 0.1) is 25.7 Å². The van der Waals surface area contributed by atoms with Gasteiger partial charge in [-0.3, -0.25) is 9.11 Å². The first-order valence-electron chi connectivity index (χ1n) is 14.7. The molecule has 0 spiro atoms. The minimum Gasteiger partial charge on any atom is -0.361 e.